The van der Waals surface area contributed by atoms with Crippen molar-refractivity contribution in [3.05, 3.63) is 69.8 Å². The van der Waals surface area contributed by atoms with Crippen molar-refractivity contribution in [3.8, 4) is 11.5 Å². The Bertz CT molecular complexity index is 1290. The van der Waals surface area contributed by atoms with Crippen molar-refractivity contribution in [2.75, 3.05) is 19.6 Å². The molecule has 2 heterocycles. The van der Waals surface area contributed by atoms with Crippen LogP contribution in [-0.2, 0) is 12.3 Å². The molecule has 0 saturated heterocycles. The van der Waals surface area contributed by atoms with E-state index in [1.807, 2.05) is 42.5 Å². The van der Waals surface area contributed by atoms with Gasteiger partial charge >= 0.3 is 0 Å². The molecule has 7 nitrogen and oxygen atoms in total. The third-order valence-corrected chi connectivity index (χ3v) is 6.76. The van der Waals surface area contributed by atoms with E-state index in [0.717, 1.165) is 26.1 Å². The van der Waals surface area contributed by atoms with Gasteiger partial charge in [-0.05, 0) is 50.3 Å². The van der Waals surface area contributed by atoms with Gasteiger partial charge in [-0.25, -0.2) is 4.98 Å². The van der Waals surface area contributed by atoms with Crippen LogP contribution in [0.15, 0.2) is 62.9 Å². The van der Waals surface area contributed by atoms with Crippen LogP contribution in [0.25, 0.3) is 22.4 Å². The smallest absolute Gasteiger partial charge is 0.262 e. The Morgan fingerprint density at radius 1 is 1.06 bits per heavy atom. The van der Waals surface area contributed by atoms with E-state index in [9.17, 15) is 4.79 Å². The first kappa shape index (κ1) is 23.5. The van der Waals surface area contributed by atoms with Gasteiger partial charge in [-0.2, -0.15) is 0 Å². The van der Waals surface area contributed by atoms with Crippen LogP contribution in [0.5, 0.6) is 0 Å². The van der Waals surface area contributed by atoms with Crippen molar-refractivity contribution >= 4 is 34.3 Å². The van der Waals surface area contributed by atoms with Crippen molar-refractivity contribution in [1.29, 1.82) is 0 Å². The molecule has 0 unspecified atom stereocenters. The van der Waals surface area contributed by atoms with E-state index in [-0.39, 0.29) is 5.56 Å². The van der Waals surface area contributed by atoms with Crippen LogP contribution in [0.4, 0.5) is 0 Å². The summed E-state index contributed by atoms with van der Waals surface area (Å²) in [5.74, 6) is 1.23. The van der Waals surface area contributed by atoms with Gasteiger partial charge in [0.1, 0.15) is 0 Å². The monoisotopic (exact) mass is 483 g/mol. The number of nitrogens with zero attached hydrogens (tertiary/aromatic N) is 5. The van der Waals surface area contributed by atoms with Crippen LogP contribution in [0.2, 0.25) is 5.02 Å². The molecule has 0 bridgehead atoms. The number of hydrogen-bond donors (Lipinski definition) is 0. The molecule has 0 fully saturated rings. The fraction of sp³-hybridized carbons (Fsp3) is 0.333. The van der Waals surface area contributed by atoms with Gasteiger partial charge in [-0.15, -0.1) is 10.2 Å². The molecule has 172 valence electrons. The van der Waals surface area contributed by atoms with Crippen LogP contribution >= 0.6 is 23.4 Å². The highest BCUT2D eigenvalue weighted by Crippen LogP contribution is 2.28. The maximum Gasteiger partial charge on any atom is 0.262 e. The lowest BCUT2D eigenvalue weighted by atomic mass is 10.2. The second-order valence-electron chi connectivity index (χ2n) is 7.52. The number of halogens is 1. The number of para-hydroxylation sites is 1. The molecule has 0 amide bonds. The summed E-state index contributed by atoms with van der Waals surface area (Å²) in [5, 5.41) is 10.1. The molecule has 0 radical (unpaired) electrons. The molecular formula is C24H26ClN5O2S. The maximum atomic E-state index is 13.2. The largest absolute Gasteiger partial charge is 0.420 e. The SMILES string of the molecule is CCN(CC)CCCn1c(SCc2nnc(-c3ccccc3Cl)o2)nc2ccccc2c1=O. The van der Waals surface area contributed by atoms with Crippen LogP contribution in [0.1, 0.15) is 26.2 Å². The fourth-order valence-corrected chi connectivity index (χ4v) is 4.71. The summed E-state index contributed by atoms with van der Waals surface area (Å²) in [6.07, 6.45) is 0.867. The highest BCUT2D eigenvalue weighted by atomic mass is 35.5. The van der Waals surface area contributed by atoms with Crippen molar-refractivity contribution in [2.24, 2.45) is 0 Å². The summed E-state index contributed by atoms with van der Waals surface area (Å²) in [6, 6.07) is 14.8. The van der Waals surface area contributed by atoms with E-state index in [1.165, 1.54) is 11.8 Å². The number of aromatic nitrogens is 4. The second-order valence-corrected chi connectivity index (χ2v) is 8.87. The summed E-state index contributed by atoms with van der Waals surface area (Å²) in [6.45, 7) is 7.82. The Labute approximate surface area is 201 Å². The topological polar surface area (TPSA) is 77.1 Å². The predicted octanol–water partition coefficient (Wildman–Crippen LogP) is 5.12. The third-order valence-electron chi connectivity index (χ3n) is 5.47. The zero-order chi connectivity index (χ0) is 23.2. The maximum absolute atomic E-state index is 13.2. The third kappa shape index (κ3) is 5.46. The molecule has 9 heteroatoms. The molecule has 0 saturated carbocycles. The van der Waals surface area contributed by atoms with Crippen molar-refractivity contribution in [2.45, 2.75) is 37.7 Å². The lowest BCUT2D eigenvalue weighted by Crippen LogP contribution is -2.28. The molecule has 33 heavy (non-hydrogen) atoms. The molecular weight excluding hydrogens is 458 g/mol. The van der Waals surface area contributed by atoms with Crippen molar-refractivity contribution < 1.29 is 4.42 Å². The number of hydrogen-bond acceptors (Lipinski definition) is 7. The molecule has 2 aromatic heterocycles. The number of benzene rings is 2. The summed E-state index contributed by atoms with van der Waals surface area (Å²) in [7, 11) is 0. The van der Waals surface area contributed by atoms with Gasteiger partial charge in [0.15, 0.2) is 5.16 Å². The minimum Gasteiger partial charge on any atom is -0.420 e. The lowest BCUT2D eigenvalue weighted by Gasteiger charge is -2.19. The Morgan fingerprint density at radius 2 is 1.82 bits per heavy atom. The van der Waals surface area contributed by atoms with Gasteiger partial charge in [-0.1, -0.05) is 61.5 Å². The highest BCUT2D eigenvalue weighted by molar-refractivity contribution is 7.98. The lowest BCUT2D eigenvalue weighted by molar-refractivity contribution is 0.290. The molecule has 4 rings (SSSR count). The highest BCUT2D eigenvalue weighted by Gasteiger charge is 2.15. The molecule has 0 aliphatic rings. The van der Waals surface area contributed by atoms with Crippen molar-refractivity contribution in [1.82, 2.24) is 24.6 Å². The number of thioether (sulfide) groups is 1. The number of fused-ring (bicyclic) bond motifs is 1. The molecule has 0 spiro atoms. The quantitative estimate of drug-likeness (QED) is 0.229. The van der Waals surface area contributed by atoms with E-state index in [0.29, 0.717) is 50.7 Å². The minimum atomic E-state index is -0.0232. The summed E-state index contributed by atoms with van der Waals surface area (Å²) in [5.41, 5.74) is 1.36. The molecule has 4 aromatic rings. The van der Waals surface area contributed by atoms with E-state index in [2.05, 4.69) is 28.9 Å². The zero-order valence-electron chi connectivity index (χ0n) is 18.7. The Hall–Kier alpha value is -2.68. The molecule has 0 atom stereocenters. The predicted molar refractivity (Wildman–Crippen MR) is 133 cm³/mol. The molecule has 2 aromatic carbocycles. The number of rotatable bonds is 10. The van der Waals surface area contributed by atoms with E-state index < -0.39 is 0 Å². The fourth-order valence-electron chi connectivity index (χ4n) is 3.63. The Balaban J connectivity index is 1.56. The van der Waals surface area contributed by atoms with Gasteiger partial charge in [-0.3, -0.25) is 9.36 Å². The van der Waals surface area contributed by atoms with Gasteiger partial charge in [0.2, 0.25) is 11.8 Å². The van der Waals surface area contributed by atoms with Crippen molar-refractivity contribution in [3.63, 3.8) is 0 Å². The first-order chi connectivity index (χ1) is 16.1. The average Bonchev–Trinajstić information content (AvgIpc) is 3.31. The Kier molecular flexibility index (Phi) is 7.80. The van der Waals surface area contributed by atoms with Crippen LogP contribution in [0, 0.1) is 0 Å². The van der Waals surface area contributed by atoms with E-state index in [4.69, 9.17) is 21.0 Å². The zero-order valence-corrected chi connectivity index (χ0v) is 20.3. The van der Waals surface area contributed by atoms with E-state index >= 15 is 0 Å². The standard InChI is InChI=1S/C24H26ClN5O2S/c1-3-29(4-2)14-9-15-30-23(31)18-11-6-8-13-20(18)26-24(30)33-16-21-27-28-22(32-21)17-10-5-7-12-19(17)25/h5-8,10-13H,3-4,9,14-16H2,1-2H3. The van der Waals surface area contributed by atoms with Crippen LogP contribution in [-0.4, -0.2) is 44.3 Å². The van der Waals surface area contributed by atoms with Gasteiger partial charge < -0.3 is 9.32 Å². The van der Waals surface area contributed by atoms with Gasteiger partial charge in [0, 0.05) is 6.54 Å². The molecule has 0 aliphatic carbocycles. The van der Waals surface area contributed by atoms with Gasteiger partial charge in [0.05, 0.1) is 27.2 Å². The first-order valence-corrected chi connectivity index (χ1v) is 12.4. The summed E-state index contributed by atoms with van der Waals surface area (Å²) in [4.78, 5) is 20.3. The van der Waals surface area contributed by atoms with E-state index in [1.54, 1.807) is 10.6 Å². The Morgan fingerprint density at radius 3 is 2.61 bits per heavy atom. The molecule has 0 N–H and O–H groups in total. The second kappa shape index (κ2) is 11.0. The minimum absolute atomic E-state index is 0.0232. The first-order valence-electron chi connectivity index (χ1n) is 11.0. The van der Waals surface area contributed by atoms with Gasteiger partial charge in [0.25, 0.3) is 5.56 Å². The normalized spacial score (nSPS) is 11.5. The van der Waals surface area contributed by atoms with Crippen LogP contribution < -0.4 is 5.56 Å². The van der Waals surface area contributed by atoms with Crippen LogP contribution in [0.3, 0.4) is 0 Å². The average molecular weight is 484 g/mol. The summed E-state index contributed by atoms with van der Waals surface area (Å²) < 4.78 is 7.59. The molecule has 0 aliphatic heterocycles. The summed E-state index contributed by atoms with van der Waals surface area (Å²) >= 11 is 7.66.